The largest absolute Gasteiger partial charge is 0.493 e. The Balaban J connectivity index is 1.41. The number of carbonyl (C=O) groups is 4. The lowest BCUT2D eigenvalue weighted by molar-refractivity contribution is -0.136. The molecule has 2 N–H and O–H groups in total. The van der Waals surface area contributed by atoms with Crippen LogP contribution < -0.4 is 20.2 Å². The van der Waals surface area contributed by atoms with Gasteiger partial charge in [-0.25, -0.2) is 15.0 Å². The van der Waals surface area contributed by atoms with Crippen molar-refractivity contribution < 1.29 is 33.4 Å². The van der Waals surface area contributed by atoms with Gasteiger partial charge in [-0.05, 0) is 79.6 Å². The number of nitrogens with one attached hydrogen (secondary N) is 2. The molecule has 0 saturated heterocycles. The predicted octanol–water partition coefficient (Wildman–Crippen LogP) is 5.67. The summed E-state index contributed by atoms with van der Waals surface area (Å²) >= 11 is 13.2. The van der Waals surface area contributed by atoms with Gasteiger partial charge in [0.2, 0.25) is 0 Å². The molecule has 3 aromatic rings. The number of halogens is 2. The third kappa shape index (κ3) is 7.28. The number of benzene rings is 2. The van der Waals surface area contributed by atoms with Crippen molar-refractivity contribution >= 4 is 69.5 Å². The van der Waals surface area contributed by atoms with E-state index in [4.69, 9.17) is 37.4 Å². The predicted molar refractivity (Wildman–Crippen MR) is 160 cm³/mol. The van der Waals surface area contributed by atoms with Gasteiger partial charge in [-0.15, -0.1) is 11.3 Å². The SMILES string of the molecule is CCOC(=O)c1c(NC(=O)C(=O)NN=Cc2ccc(OC(=O)c3ccc(Cl)cc3Cl)c(OC)c2)sc2c1CCC(C)C2. The number of nitrogens with zero attached hydrogens (tertiary/aromatic N) is 1. The molecular weight excluding hydrogens is 605 g/mol. The molecule has 13 heteroatoms. The number of methoxy groups -OCH3 is 1. The van der Waals surface area contributed by atoms with Crippen molar-refractivity contribution in [3.05, 3.63) is 73.6 Å². The number of hydrogen-bond acceptors (Lipinski definition) is 9. The summed E-state index contributed by atoms with van der Waals surface area (Å²) in [7, 11) is 1.39. The van der Waals surface area contributed by atoms with Gasteiger partial charge in [0.1, 0.15) is 5.00 Å². The van der Waals surface area contributed by atoms with Crippen molar-refractivity contribution in [3.63, 3.8) is 0 Å². The van der Waals surface area contributed by atoms with Crippen LogP contribution in [0.4, 0.5) is 5.00 Å². The molecule has 2 amide bonds. The lowest BCUT2D eigenvalue weighted by Crippen LogP contribution is -2.32. The number of hydrazone groups is 1. The Bertz CT molecular complexity index is 1570. The van der Waals surface area contributed by atoms with Crippen molar-refractivity contribution in [2.24, 2.45) is 11.0 Å². The van der Waals surface area contributed by atoms with Crippen LogP contribution in [-0.4, -0.2) is 43.7 Å². The Morgan fingerprint density at radius 2 is 1.86 bits per heavy atom. The Hall–Kier alpha value is -3.93. The third-order valence-electron chi connectivity index (χ3n) is 6.35. The molecule has 1 heterocycles. The minimum Gasteiger partial charge on any atom is -0.493 e. The molecule has 0 radical (unpaired) electrons. The molecule has 1 aromatic heterocycles. The Morgan fingerprint density at radius 1 is 1.07 bits per heavy atom. The van der Waals surface area contributed by atoms with E-state index in [-0.39, 0.29) is 33.7 Å². The zero-order valence-electron chi connectivity index (χ0n) is 22.9. The van der Waals surface area contributed by atoms with E-state index in [1.807, 2.05) is 0 Å². The van der Waals surface area contributed by atoms with Gasteiger partial charge >= 0.3 is 23.8 Å². The molecule has 0 spiro atoms. The molecule has 42 heavy (non-hydrogen) atoms. The van der Waals surface area contributed by atoms with E-state index in [0.29, 0.717) is 28.5 Å². The Morgan fingerprint density at radius 3 is 2.57 bits per heavy atom. The van der Waals surface area contributed by atoms with Gasteiger partial charge in [0.25, 0.3) is 0 Å². The maximum Gasteiger partial charge on any atom is 0.345 e. The van der Waals surface area contributed by atoms with Crippen LogP contribution in [0.25, 0.3) is 0 Å². The van der Waals surface area contributed by atoms with E-state index >= 15 is 0 Å². The molecule has 1 aliphatic carbocycles. The van der Waals surface area contributed by atoms with Crippen LogP contribution in [0.2, 0.25) is 10.0 Å². The van der Waals surface area contributed by atoms with Gasteiger partial charge in [-0.2, -0.15) is 5.10 Å². The zero-order chi connectivity index (χ0) is 30.4. The number of esters is 2. The Kier molecular flexibility index (Phi) is 10.2. The van der Waals surface area contributed by atoms with Crippen LogP contribution in [0.5, 0.6) is 11.5 Å². The highest BCUT2D eigenvalue weighted by Gasteiger charge is 2.30. The maximum absolute atomic E-state index is 12.7. The van der Waals surface area contributed by atoms with E-state index in [0.717, 1.165) is 23.3 Å². The van der Waals surface area contributed by atoms with Crippen molar-refractivity contribution in [3.8, 4) is 11.5 Å². The molecule has 0 saturated carbocycles. The first kappa shape index (κ1) is 31.0. The molecule has 10 nitrogen and oxygen atoms in total. The fourth-order valence-electron chi connectivity index (χ4n) is 4.29. The van der Waals surface area contributed by atoms with Crippen molar-refractivity contribution in [2.45, 2.75) is 33.1 Å². The first-order valence-corrected chi connectivity index (χ1v) is 14.5. The van der Waals surface area contributed by atoms with Gasteiger partial charge in [-0.1, -0.05) is 30.1 Å². The van der Waals surface area contributed by atoms with Gasteiger partial charge in [0, 0.05) is 9.90 Å². The summed E-state index contributed by atoms with van der Waals surface area (Å²) in [5, 5.41) is 7.18. The fourth-order valence-corrected chi connectivity index (χ4v) is 6.17. The third-order valence-corrected chi connectivity index (χ3v) is 8.06. The summed E-state index contributed by atoms with van der Waals surface area (Å²) in [6, 6.07) is 8.95. The number of rotatable bonds is 8. The van der Waals surface area contributed by atoms with Crippen LogP contribution in [0.3, 0.4) is 0 Å². The number of fused-ring (bicyclic) bond motifs is 1. The van der Waals surface area contributed by atoms with Gasteiger partial charge < -0.3 is 19.5 Å². The monoisotopic (exact) mass is 631 g/mol. The highest BCUT2D eigenvalue weighted by Crippen LogP contribution is 2.40. The average molecular weight is 633 g/mol. The normalized spacial score (nSPS) is 14.2. The standard InChI is InChI=1S/C29H27Cl2N3O7S/c1-4-40-29(38)24-19-8-5-15(2)11-23(19)42-27(24)33-25(35)26(36)34-32-14-16-6-10-21(22(12-16)39-3)41-28(37)18-9-7-17(30)13-20(18)31/h6-7,9-10,12-15H,4-5,8,11H2,1-3H3,(H,33,35)(H,34,36). The van der Waals surface area contributed by atoms with Gasteiger partial charge in [0.15, 0.2) is 11.5 Å². The van der Waals surface area contributed by atoms with E-state index in [1.165, 1.54) is 55.0 Å². The van der Waals surface area contributed by atoms with Gasteiger partial charge in [-0.3, -0.25) is 9.59 Å². The van der Waals surface area contributed by atoms with Crippen LogP contribution in [0.1, 0.15) is 57.0 Å². The van der Waals surface area contributed by atoms with Crippen LogP contribution in [0.15, 0.2) is 41.5 Å². The molecule has 0 bridgehead atoms. The van der Waals surface area contributed by atoms with E-state index in [2.05, 4.69) is 22.8 Å². The first-order valence-electron chi connectivity index (χ1n) is 12.9. The summed E-state index contributed by atoms with van der Waals surface area (Å²) in [5.74, 6) is -2.46. The van der Waals surface area contributed by atoms with E-state index < -0.39 is 23.8 Å². The lowest BCUT2D eigenvalue weighted by atomic mass is 9.88. The van der Waals surface area contributed by atoms with Crippen LogP contribution in [0, 0.1) is 5.92 Å². The second-order valence-corrected chi connectivity index (χ2v) is 11.3. The highest BCUT2D eigenvalue weighted by molar-refractivity contribution is 7.17. The summed E-state index contributed by atoms with van der Waals surface area (Å²) in [4.78, 5) is 51.3. The van der Waals surface area contributed by atoms with Crippen LogP contribution >= 0.6 is 34.5 Å². The summed E-state index contributed by atoms with van der Waals surface area (Å²) < 4.78 is 15.9. The van der Waals surface area contributed by atoms with Gasteiger partial charge in [0.05, 0.1) is 36.1 Å². The summed E-state index contributed by atoms with van der Waals surface area (Å²) in [6.45, 7) is 4.02. The zero-order valence-corrected chi connectivity index (χ0v) is 25.2. The summed E-state index contributed by atoms with van der Waals surface area (Å²) in [6.07, 6.45) is 3.69. The molecule has 1 aliphatic rings. The number of anilines is 1. The average Bonchev–Trinajstić information content (AvgIpc) is 3.30. The number of thiophene rings is 1. The second-order valence-electron chi connectivity index (χ2n) is 9.35. The fraction of sp³-hybridized carbons (Fsp3) is 0.276. The number of ether oxygens (including phenoxy) is 3. The summed E-state index contributed by atoms with van der Waals surface area (Å²) in [5.41, 5.74) is 3.94. The van der Waals surface area contributed by atoms with E-state index in [9.17, 15) is 19.2 Å². The van der Waals surface area contributed by atoms with Crippen molar-refractivity contribution in [1.29, 1.82) is 0 Å². The molecule has 0 aliphatic heterocycles. The molecule has 1 unspecified atom stereocenters. The molecule has 0 fully saturated rings. The lowest BCUT2D eigenvalue weighted by Gasteiger charge is -2.18. The number of hydrogen-bond donors (Lipinski definition) is 2. The quantitative estimate of drug-likeness (QED) is 0.108. The topological polar surface area (TPSA) is 132 Å². The smallest absolute Gasteiger partial charge is 0.345 e. The molecular formula is C29H27Cl2N3O7S. The van der Waals surface area contributed by atoms with Crippen LogP contribution in [-0.2, 0) is 27.2 Å². The molecule has 4 rings (SSSR count). The second kappa shape index (κ2) is 13.8. The highest BCUT2D eigenvalue weighted by atomic mass is 35.5. The first-order chi connectivity index (χ1) is 20.1. The molecule has 2 aromatic carbocycles. The number of amides is 2. The minimum absolute atomic E-state index is 0.125. The molecule has 1 atom stereocenters. The minimum atomic E-state index is -1.03. The van der Waals surface area contributed by atoms with Crippen molar-refractivity contribution in [1.82, 2.24) is 5.43 Å². The molecule has 220 valence electrons. The maximum atomic E-state index is 12.7. The van der Waals surface area contributed by atoms with E-state index in [1.54, 1.807) is 13.0 Å². The Labute approximate surface area is 255 Å². The van der Waals surface area contributed by atoms with Crippen molar-refractivity contribution in [2.75, 3.05) is 19.0 Å². The number of carbonyl (C=O) groups excluding carboxylic acids is 4.